The van der Waals surface area contributed by atoms with Crippen LogP contribution in [0.15, 0.2) is 36.5 Å². The molecule has 0 spiro atoms. The van der Waals surface area contributed by atoms with Crippen LogP contribution in [0.5, 0.6) is 0 Å². The highest BCUT2D eigenvalue weighted by atomic mass is 16.2. The molecule has 3 rings (SSSR count). The summed E-state index contributed by atoms with van der Waals surface area (Å²) in [6.07, 6.45) is 3.55. The summed E-state index contributed by atoms with van der Waals surface area (Å²) in [5, 5.41) is 9.89. The van der Waals surface area contributed by atoms with Crippen LogP contribution < -0.4 is 10.6 Å². The number of rotatable bonds is 5. The zero-order chi connectivity index (χ0) is 16.4. The Kier molecular flexibility index (Phi) is 4.14. The van der Waals surface area contributed by atoms with Crippen LogP contribution in [0.25, 0.3) is 0 Å². The first-order valence-corrected chi connectivity index (χ1v) is 7.80. The normalized spacial score (nSPS) is 13.9. The summed E-state index contributed by atoms with van der Waals surface area (Å²) in [4.78, 5) is 24.2. The summed E-state index contributed by atoms with van der Waals surface area (Å²) in [5.41, 5.74) is 1.14. The van der Waals surface area contributed by atoms with E-state index in [1.165, 1.54) is 0 Å². The molecule has 0 radical (unpaired) electrons. The van der Waals surface area contributed by atoms with Crippen molar-refractivity contribution in [3.05, 3.63) is 42.1 Å². The van der Waals surface area contributed by atoms with Gasteiger partial charge in [-0.25, -0.2) is 4.68 Å². The minimum atomic E-state index is -0.227. The standard InChI is InChI=1S/C17H20N4O2/c1-11(2)21-15(8-9-18-21)20-17(23)13-4-3-5-14(10-13)19-16(22)12-6-7-12/h3-5,8-12H,6-7H2,1-2H3,(H,19,22)(H,20,23). The summed E-state index contributed by atoms with van der Waals surface area (Å²) in [5.74, 6) is 0.584. The number of aromatic nitrogens is 2. The molecule has 23 heavy (non-hydrogen) atoms. The summed E-state index contributed by atoms with van der Waals surface area (Å²) in [6.45, 7) is 3.99. The summed E-state index contributed by atoms with van der Waals surface area (Å²) >= 11 is 0. The molecule has 1 saturated carbocycles. The number of carbonyl (C=O) groups is 2. The lowest BCUT2D eigenvalue weighted by Gasteiger charge is -2.12. The number of anilines is 2. The Bertz CT molecular complexity index is 732. The third-order valence-electron chi connectivity index (χ3n) is 3.74. The number of carbonyl (C=O) groups excluding carboxylic acids is 2. The van der Waals surface area contributed by atoms with E-state index in [0.29, 0.717) is 17.1 Å². The lowest BCUT2D eigenvalue weighted by Crippen LogP contribution is -2.17. The van der Waals surface area contributed by atoms with Gasteiger partial charge in [0, 0.05) is 29.3 Å². The molecule has 0 aliphatic heterocycles. The largest absolute Gasteiger partial charge is 0.326 e. The second kappa shape index (κ2) is 6.24. The van der Waals surface area contributed by atoms with Crippen molar-refractivity contribution in [3.63, 3.8) is 0 Å². The molecule has 2 aromatic rings. The van der Waals surface area contributed by atoms with Gasteiger partial charge in [-0.1, -0.05) is 6.07 Å². The molecule has 1 aliphatic rings. The number of hydrogen-bond acceptors (Lipinski definition) is 3. The molecule has 0 unspecified atom stereocenters. The maximum Gasteiger partial charge on any atom is 0.256 e. The summed E-state index contributed by atoms with van der Waals surface area (Å²) in [7, 11) is 0. The third kappa shape index (κ3) is 3.59. The SMILES string of the molecule is CC(C)n1nccc1NC(=O)c1cccc(NC(=O)C2CC2)c1. The number of nitrogens with one attached hydrogen (secondary N) is 2. The van der Waals surface area contributed by atoms with E-state index in [-0.39, 0.29) is 23.8 Å². The van der Waals surface area contributed by atoms with Crippen LogP contribution >= 0.6 is 0 Å². The van der Waals surface area contributed by atoms with E-state index in [0.717, 1.165) is 12.8 Å². The predicted molar refractivity (Wildman–Crippen MR) is 88.4 cm³/mol. The zero-order valence-electron chi connectivity index (χ0n) is 13.2. The molecule has 1 aromatic heterocycles. The Morgan fingerprint density at radius 3 is 2.70 bits per heavy atom. The first-order chi connectivity index (χ1) is 11.0. The van der Waals surface area contributed by atoms with Gasteiger partial charge in [0.1, 0.15) is 5.82 Å². The van der Waals surface area contributed by atoms with Crippen LogP contribution in [-0.2, 0) is 4.79 Å². The minimum Gasteiger partial charge on any atom is -0.326 e. The van der Waals surface area contributed by atoms with Crippen molar-refractivity contribution in [2.45, 2.75) is 32.7 Å². The van der Waals surface area contributed by atoms with Crippen molar-refractivity contribution >= 4 is 23.3 Å². The number of benzene rings is 1. The van der Waals surface area contributed by atoms with E-state index in [1.807, 2.05) is 13.8 Å². The van der Waals surface area contributed by atoms with Crippen molar-refractivity contribution in [2.24, 2.45) is 5.92 Å². The fourth-order valence-corrected chi connectivity index (χ4v) is 2.34. The van der Waals surface area contributed by atoms with Gasteiger partial charge in [-0.3, -0.25) is 9.59 Å². The van der Waals surface area contributed by atoms with Crippen LogP contribution in [-0.4, -0.2) is 21.6 Å². The van der Waals surface area contributed by atoms with Crippen molar-refractivity contribution in [2.75, 3.05) is 10.6 Å². The second-order valence-corrected chi connectivity index (χ2v) is 6.05. The highest BCUT2D eigenvalue weighted by Crippen LogP contribution is 2.30. The molecule has 2 amide bonds. The maximum atomic E-state index is 12.4. The van der Waals surface area contributed by atoms with E-state index in [1.54, 1.807) is 41.2 Å². The summed E-state index contributed by atoms with van der Waals surface area (Å²) in [6, 6.07) is 8.87. The molecule has 1 fully saturated rings. The molecule has 6 heteroatoms. The molecular formula is C17H20N4O2. The van der Waals surface area contributed by atoms with E-state index >= 15 is 0 Å². The Morgan fingerprint density at radius 2 is 2.00 bits per heavy atom. The Morgan fingerprint density at radius 1 is 1.22 bits per heavy atom. The third-order valence-corrected chi connectivity index (χ3v) is 3.74. The lowest BCUT2D eigenvalue weighted by atomic mass is 10.2. The lowest BCUT2D eigenvalue weighted by molar-refractivity contribution is -0.117. The number of nitrogens with zero attached hydrogens (tertiary/aromatic N) is 2. The average molecular weight is 312 g/mol. The van der Waals surface area contributed by atoms with Crippen molar-refractivity contribution in [1.82, 2.24) is 9.78 Å². The Labute approximate surface area is 134 Å². The van der Waals surface area contributed by atoms with Gasteiger partial charge in [-0.05, 0) is 44.9 Å². The minimum absolute atomic E-state index is 0.0282. The topological polar surface area (TPSA) is 76.0 Å². The molecule has 1 aromatic carbocycles. The molecule has 6 nitrogen and oxygen atoms in total. The van der Waals surface area contributed by atoms with Crippen molar-refractivity contribution in [1.29, 1.82) is 0 Å². The highest BCUT2D eigenvalue weighted by molar-refractivity contribution is 6.05. The van der Waals surface area contributed by atoms with Crippen LogP contribution in [0.4, 0.5) is 11.5 Å². The first kappa shape index (κ1) is 15.3. The molecule has 0 saturated heterocycles. The predicted octanol–water partition coefficient (Wildman–Crippen LogP) is 3.06. The smallest absolute Gasteiger partial charge is 0.256 e. The van der Waals surface area contributed by atoms with Gasteiger partial charge >= 0.3 is 0 Å². The molecule has 1 heterocycles. The van der Waals surface area contributed by atoms with Gasteiger partial charge in [0.25, 0.3) is 5.91 Å². The summed E-state index contributed by atoms with van der Waals surface area (Å²) < 4.78 is 1.75. The van der Waals surface area contributed by atoms with Gasteiger partial charge in [-0.15, -0.1) is 0 Å². The zero-order valence-corrected chi connectivity index (χ0v) is 13.2. The van der Waals surface area contributed by atoms with Crippen molar-refractivity contribution < 1.29 is 9.59 Å². The van der Waals surface area contributed by atoms with Crippen molar-refractivity contribution in [3.8, 4) is 0 Å². The Balaban J connectivity index is 1.71. The maximum absolute atomic E-state index is 12.4. The Hall–Kier alpha value is -2.63. The fourth-order valence-electron chi connectivity index (χ4n) is 2.34. The number of hydrogen-bond donors (Lipinski definition) is 2. The first-order valence-electron chi connectivity index (χ1n) is 7.80. The van der Waals surface area contributed by atoms with Gasteiger partial charge in [-0.2, -0.15) is 5.10 Å². The molecular weight excluding hydrogens is 292 g/mol. The molecule has 1 aliphatic carbocycles. The van der Waals surface area contributed by atoms with E-state index in [9.17, 15) is 9.59 Å². The van der Waals surface area contributed by atoms with E-state index in [4.69, 9.17) is 0 Å². The van der Waals surface area contributed by atoms with Gasteiger partial charge in [0.05, 0.1) is 6.20 Å². The molecule has 0 bridgehead atoms. The molecule has 0 atom stereocenters. The van der Waals surface area contributed by atoms with Gasteiger partial charge in [0.2, 0.25) is 5.91 Å². The van der Waals surface area contributed by atoms with Crippen LogP contribution in [0, 0.1) is 5.92 Å². The number of amides is 2. The van der Waals surface area contributed by atoms with Crippen LogP contribution in [0.2, 0.25) is 0 Å². The monoisotopic (exact) mass is 312 g/mol. The van der Waals surface area contributed by atoms with E-state index in [2.05, 4.69) is 15.7 Å². The van der Waals surface area contributed by atoms with Crippen LogP contribution in [0.3, 0.4) is 0 Å². The van der Waals surface area contributed by atoms with Gasteiger partial charge in [0.15, 0.2) is 0 Å². The second-order valence-electron chi connectivity index (χ2n) is 6.05. The fraction of sp³-hybridized carbons (Fsp3) is 0.353. The van der Waals surface area contributed by atoms with Crippen LogP contribution in [0.1, 0.15) is 43.1 Å². The molecule has 120 valence electrons. The quantitative estimate of drug-likeness (QED) is 0.891. The average Bonchev–Trinajstić information content (AvgIpc) is 3.27. The molecule has 2 N–H and O–H groups in total. The highest BCUT2D eigenvalue weighted by Gasteiger charge is 2.29. The van der Waals surface area contributed by atoms with Gasteiger partial charge < -0.3 is 10.6 Å². The van der Waals surface area contributed by atoms with E-state index < -0.39 is 0 Å².